The summed E-state index contributed by atoms with van der Waals surface area (Å²) in [6.07, 6.45) is 1.06. The third-order valence-electron chi connectivity index (χ3n) is 4.92. The van der Waals surface area contributed by atoms with Crippen LogP contribution < -0.4 is 4.74 Å². The number of nitrogens with zero attached hydrogens (tertiary/aromatic N) is 2. The van der Waals surface area contributed by atoms with Gasteiger partial charge in [-0.2, -0.15) is 0 Å². The van der Waals surface area contributed by atoms with Crippen molar-refractivity contribution in [3.63, 3.8) is 0 Å². The molecule has 0 saturated carbocycles. The van der Waals surface area contributed by atoms with Crippen molar-refractivity contribution in [2.45, 2.75) is 25.3 Å². The third kappa shape index (κ3) is 6.24. The molecule has 1 aliphatic heterocycles. The Morgan fingerprint density at radius 2 is 1.90 bits per heavy atom. The van der Waals surface area contributed by atoms with Crippen LogP contribution in [0.2, 0.25) is 0 Å². The van der Waals surface area contributed by atoms with Crippen LogP contribution in [0.1, 0.15) is 18.4 Å². The predicted octanol–water partition coefficient (Wildman–Crippen LogP) is 2.82. The SMILES string of the molecule is COc1ccc2cc(CC(=O)N3CSCC3C(=O)OCCCCO[N+](=O)[O-])ccc2c1. The number of benzene rings is 2. The summed E-state index contributed by atoms with van der Waals surface area (Å²) in [6, 6.07) is 11.0. The highest BCUT2D eigenvalue weighted by Gasteiger charge is 2.35. The number of methoxy groups -OCH3 is 1. The summed E-state index contributed by atoms with van der Waals surface area (Å²) >= 11 is 1.51. The Morgan fingerprint density at radius 3 is 2.68 bits per heavy atom. The van der Waals surface area contributed by atoms with Crippen molar-refractivity contribution in [3.05, 3.63) is 52.1 Å². The Hall–Kier alpha value is -3.01. The van der Waals surface area contributed by atoms with Gasteiger partial charge < -0.3 is 19.2 Å². The molecule has 0 radical (unpaired) electrons. The monoisotopic (exact) mass is 448 g/mol. The van der Waals surface area contributed by atoms with Crippen molar-refractivity contribution in [2.24, 2.45) is 0 Å². The van der Waals surface area contributed by atoms with Gasteiger partial charge in [0.1, 0.15) is 11.8 Å². The van der Waals surface area contributed by atoms with Crippen LogP contribution in [0.4, 0.5) is 0 Å². The Bertz CT molecular complexity index is 952. The zero-order chi connectivity index (χ0) is 22.2. The van der Waals surface area contributed by atoms with Crippen molar-refractivity contribution in [2.75, 3.05) is 32.0 Å². The molecule has 1 amide bonds. The first-order valence-corrected chi connectivity index (χ1v) is 11.0. The molecule has 1 saturated heterocycles. The van der Waals surface area contributed by atoms with E-state index in [-0.39, 0.29) is 25.5 Å². The maximum absolute atomic E-state index is 12.8. The van der Waals surface area contributed by atoms with Gasteiger partial charge in [0.2, 0.25) is 5.91 Å². The van der Waals surface area contributed by atoms with Gasteiger partial charge in [-0.1, -0.05) is 24.3 Å². The van der Waals surface area contributed by atoms with Crippen molar-refractivity contribution in [3.8, 4) is 5.75 Å². The van der Waals surface area contributed by atoms with Crippen LogP contribution in [0.25, 0.3) is 10.8 Å². The van der Waals surface area contributed by atoms with Gasteiger partial charge in [-0.15, -0.1) is 21.9 Å². The lowest BCUT2D eigenvalue weighted by Crippen LogP contribution is -2.43. The Balaban J connectivity index is 1.52. The maximum Gasteiger partial charge on any atom is 0.329 e. The fourth-order valence-electron chi connectivity index (χ4n) is 3.28. The van der Waals surface area contributed by atoms with Gasteiger partial charge >= 0.3 is 5.97 Å². The average molecular weight is 448 g/mol. The lowest BCUT2D eigenvalue weighted by atomic mass is 10.0. The summed E-state index contributed by atoms with van der Waals surface area (Å²) in [5.41, 5.74) is 0.873. The number of carbonyl (C=O) groups excluding carboxylic acids is 2. The number of rotatable bonds is 10. The lowest BCUT2D eigenvalue weighted by Gasteiger charge is -2.22. The van der Waals surface area contributed by atoms with E-state index in [9.17, 15) is 19.7 Å². The van der Waals surface area contributed by atoms with Gasteiger partial charge in [0.05, 0.1) is 32.6 Å². The molecule has 3 rings (SSSR count). The van der Waals surface area contributed by atoms with Crippen molar-refractivity contribution in [1.82, 2.24) is 4.90 Å². The zero-order valence-corrected chi connectivity index (χ0v) is 18.0. The molecule has 1 heterocycles. The van der Waals surface area contributed by atoms with Crippen LogP contribution in [-0.4, -0.2) is 59.9 Å². The second kappa shape index (κ2) is 10.9. The van der Waals surface area contributed by atoms with Crippen LogP contribution >= 0.6 is 11.8 Å². The average Bonchev–Trinajstić information content (AvgIpc) is 3.25. The molecule has 1 aliphatic rings. The fourth-order valence-corrected chi connectivity index (χ4v) is 4.45. The number of fused-ring (bicyclic) bond motifs is 1. The molecule has 1 unspecified atom stereocenters. The first-order chi connectivity index (χ1) is 15.0. The summed E-state index contributed by atoms with van der Waals surface area (Å²) in [5.74, 6) is 1.14. The zero-order valence-electron chi connectivity index (χ0n) is 17.2. The molecule has 9 nitrogen and oxygen atoms in total. The van der Waals surface area contributed by atoms with Gasteiger partial charge in [-0.05, 0) is 41.3 Å². The van der Waals surface area contributed by atoms with E-state index in [1.807, 2.05) is 36.4 Å². The van der Waals surface area contributed by atoms with E-state index in [0.717, 1.165) is 22.1 Å². The molecule has 0 spiro atoms. The molecule has 0 N–H and O–H groups in total. The molecular formula is C21H24N2O7S. The van der Waals surface area contributed by atoms with Crippen LogP contribution in [0.5, 0.6) is 5.75 Å². The quantitative estimate of drug-likeness (QED) is 0.236. The minimum atomic E-state index is -0.850. The number of hydrogen-bond donors (Lipinski definition) is 0. The molecule has 0 aliphatic carbocycles. The molecule has 10 heteroatoms. The van der Waals surface area contributed by atoms with E-state index >= 15 is 0 Å². The molecule has 0 aromatic heterocycles. The minimum Gasteiger partial charge on any atom is -0.497 e. The van der Waals surface area contributed by atoms with E-state index in [4.69, 9.17) is 9.47 Å². The van der Waals surface area contributed by atoms with Gasteiger partial charge in [0.15, 0.2) is 0 Å². The van der Waals surface area contributed by atoms with Crippen molar-refractivity contribution < 1.29 is 29.0 Å². The first-order valence-electron chi connectivity index (χ1n) is 9.86. The number of carbonyl (C=O) groups is 2. The summed E-state index contributed by atoms with van der Waals surface area (Å²) in [5, 5.41) is 11.3. The second-order valence-corrected chi connectivity index (χ2v) is 8.03. The highest BCUT2D eigenvalue weighted by atomic mass is 32.2. The summed E-state index contributed by atoms with van der Waals surface area (Å²) in [6.45, 7) is 0.101. The third-order valence-corrected chi connectivity index (χ3v) is 5.93. The van der Waals surface area contributed by atoms with Gasteiger partial charge in [0.25, 0.3) is 5.09 Å². The normalized spacial score (nSPS) is 15.6. The summed E-state index contributed by atoms with van der Waals surface area (Å²) in [7, 11) is 1.62. The van der Waals surface area contributed by atoms with Crippen molar-refractivity contribution in [1.29, 1.82) is 0 Å². The lowest BCUT2D eigenvalue weighted by molar-refractivity contribution is -0.757. The van der Waals surface area contributed by atoms with E-state index < -0.39 is 17.1 Å². The van der Waals surface area contributed by atoms with E-state index in [2.05, 4.69) is 4.84 Å². The molecule has 166 valence electrons. The number of amides is 1. The summed E-state index contributed by atoms with van der Waals surface area (Å²) < 4.78 is 10.5. The number of esters is 1. The number of unbranched alkanes of at least 4 members (excludes halogenated alkanes) is 1. The molecule has 2 aromatic carbocycles. The Kier molecular flexibility index (Phi) is 7.94. The van der Waals surface area contributed by atoms with Crippen LogP contribution in [0, 0.1) is 10.1 Å². The van der Waals surface area contributed by atoms with E-state index in [0.29, 0.717) is 24.5 Å². The van der Waals surface area contributed by atoms with Crippen LogP contribution in [0.15, 0.2) is 36.4 Å². The molecule has 0 bridgehead atoms. The molecule has 1 atom stereocenters. The van der Waals surface area contributed by atoms with E-state index in [1.54, 1.807) is 12.0 Å². The number of hydrogen-bond acceptors (Lipinski definition) is 8. The van der Waals surface area contributed by atoms with Gasteiger partial charge in [-0.25, -0.2) is 4.79 Å². The Morgan fingerprint density at radius 1 is 1.16 bits per heavy atom. The topological polar surface area (TPSA) is 108 Å². The summed E-state index contributed by atoms with van der Waals surface area (Å²) in [4.78, 5) is 41.1. The van der Waals surface area contributed by atoms with Gasteiger partial charge in [-0.3, -0.25) is 4.79 Å². The minimum absolute atomic E-state index is 0.0347. The second-order valence-electron chi connectivity index (χ2n) is 7.03. The predicted molar refractivity (Wildman–Crippen MR) is 115 cm³/mol. The smallest absolute Gasteiger partial charge is 0.329 e. The maximum atomic E-state index is 12.8. The fraction of sp³-hybridized carbons (Fsp3) is 0.429. The van der Waals surface area contributed by atoms with Crippen LogP contribution in [-0.2, 0) is 25.6 Å². The molecule has 31 heavy (non-hydrogen) atoms. The molecule has 1 fully saturated rings. The van der Waals surface area contributed by atoms with Crippen LogP contribution in [0.3, 0.4) is 0 Å². The molecule has 2 aromatic rings. The highest BCUT2D eigenvalue weighted by molar-refractivity contribution is 7.99. The molecular weight excluding hydrogens is 424 g/mol. The van der Waals surface area contributed by atoms with E-state index in [1.165, 1.54) is 11.8 Å². The Labute approximate surface area is 183 Å². The highest BCUT2D eigenvalue weighted by Crippen LogP contribution is 2.25. The standard InChI is InChI=1S/C21H24N2O7S/c1-28-18-7-6-16-10-15(4-5-17(16)12-18)11-20(24)22-14-31-13-19(22)21(25)29-8-2-3-9-30-23(26)27/h4-7,10,12,19H,2-3,8-9,11,13-14H2,1H3. The van der Waals surface area contributed by atoms with Gasteiger partial charge in [0, 0.05) is 5.75 Å². The largest absolute Gasteiger partial charge is 0.497 e. The number of ether oxygens (including phenoxy) is 2. The van der Waals surface area contributed by atoms with Crippen molar-refractivity contribution >= 4 is 34.4 Å². The first kappa shape index (κ1) is 22.7. The number of thioether (sulfide) groups is 1.